The van der Waals surface area contributed by atoms with Gasteiger partial charge in [0, 0.05) is 10.6 Å². The van der Waals surface area contributed by atoms with Crippen molar-refractivity contribution in [1.29, 1.82) is 0 Å². The first-order chi connectivity index (χ1) is 14.3. The molecule has 2 N–H and O–H groups in total. The van der Waals surface area contributed by atoms with Crippen LogP contribution in [0.25, 0.3) is 0 Å². The molecule has 10 heteroatoms. The molecule has 30 heavy (non-hydrogen) atoms. The van der Waals surface area contributed by atoms with Gasteiger partial charge in [0.2, 0.25) is 5.82 Å². The first-order valence-electron chi connectivity index (χ1n) is 8.94. The minimum Gasteiger partial charge on any atom is -0.434 e. The van der Waals surface area contributed by atoms with Gasteiger partial charge in [-0.1, -0.05) is 37.6 Å². The van der Waals surface area contributed by atoms with Crippen molar-refractivity contribution in [3.05, 3.63) is 81.1 Å². The van der Waals surface area contributed by atoms with E-state index < -0.39 is 16.5 Å². The van der Waals surface area contributed by atoms with Gasteiger partial charge in [0.15, 0.2) is 0 Å². The van der Waals surface area contributed by atoms with Crippen LogP contribution < -0.4 is 15.6 Å². The molecule has 0 aliphatic carbocycles. The fourth-order valence-corrected chi connectivity index (χ4v) is 2.64. The molecule has 0 aliphatic heterocycles. The average molecular weight is 428 g/mol. The maximum Gasteiger partial charge on any atom is 0.374 e. The number of hydrogen-bond donors (Lipinski definition) is 2. The van der Waals surface area contributed by atoms with Crippen molar-refractivity contribution >= 4 is 29.0 Å². The van der Waals surface area contributed by atoms with E-state index >= 15 is 0 Å². The summed E-state index contributed by atoms with van der Waals surface area (Å²) in [7, 11) is 0. The molecule has 0 bridgehead atoms. The fourth-order valence-electron chi connectivity index (χ4n) is 2.52. The summed E-state index contributed by atoms with van der Waals surface area (Å²) >= 11 is 5.80. The van der Waals surface area contributed by atoms with Crippen molar-refractivity contribution in [2.45, 2.75) is 19.8 Å². The highest BCUT2D eigenvalue weighted by atomic mass is 35.5. The number of benzene rings is 2. The van der Waals surface area contributed by atoms with Crippen LogP contribution in [-0.4, -0.2) is 20.8 Å². The molecule has 0 fully saturated rings. The van der Waals surface area contributed by atoms with Gasteiger partial charge in [-0.15, -0.1) is 0 Å². The van der Waals surface area contributed by atoms with Crippen molar-refractivity contribution in [2.24, 2.45) is 0 Å². The molecule has 1 amide bonds. The number of aromatic nitrogens is 2. The molecular weight excluding hydrogens is 410 g/mol. The summed E-state index contributed by atoms with van der Waals surface area (Å²) in [6, 6.07) is 13.3. The van der Waals surface area contributed by atoms with Gasteiger partial charge < -0.3 is 4.74 Å². The number of anilines is 1. The van der Waals surface area contributed by atoms with E-state index in [9.17, 15) is 14.9 Å². The molecule has 0 unspecified atom stereocenters. The van der Waals surface area contributed by atoms with E-state index in [0.717, 1.165) is 11.9 Å². The highest BCUT2D eigenvalue weighted by Gasteiger charge is 2.25. The molecule has 154 valence electrons. The minimum atomic E-state index is -0.686. The van der Waals surface area contributed by atoms with Crippen LogP contribution in [0.3, 0.4) is 0 Å². The van der Waals surface area contributed by atoms with Crippen molar-refractivity contribution in [2.75, 3.05) is 5.43 Å². The summed E-state index contributed by atoms with van der Waals surface area (Å²) in [4.78, 5) is 30.8. The van der Waals surface area contributed by atoms with E-state index in [-0.39, 0.29) is 11.7 Å². The molecule has 3 rings (SSSR count). The summed E-state index contributed by atoms with van der Waals surface area (Å²) in [5.74, 6) is -0.266. The third kappa shape index (κ3) is 5.00. The summed E-state index contributed by atoms with van der Waals surface area (Å²) in [5.41, 5.74) is 5.71. The summed E-state index contributed by atoms with van der Waals surface area (Å²) < 4.78 is 5.59. The second kappa shape index (κ2) is 9.19. The topological polar surface area (TPSA) is 119 Å². The van der Waals surface area contributed by atoms with E-state index in [1.807, 2.05) is 12.1 Å². The lowest BCUT2D eigenvalue weighted by Crippen LogP contribution is -2.30. The number of hydrogen-bond acceptors (Lipinski definition) is 7. The number of ether oxygens (including phenoxy) is 1. The van der Waals surface area contributed by atoms with Crippen LogP contribution in [0.5, 0.6) is 11.6 Å². The first-order valence-corrected chi connectivity index (χ1v) is 9.32. The normalized spacial score (nSPS) is 10.5. The zero-order chi connectivity index (χ0) is 21.7. The molecule has 0 spiro atoms. The van der Waals surface area contributed by atoms with Gasteiger partial charge in [-0.3, -0.25) is 25.8 Å². The first kappa shape index (κ1) is 21.0. The van der Waals surface area contributed by atoms with Crippen LogP contribution in [0.1, 0.15) is 35.7 Å². The highest BCUT2D eigenvalue weighted by Crippen LogP contribution is 2.34. The Hall–Kier alpha value is -3.72. The smallest absolute Gasteiger partial charge is 0.374 e. The van der Waals surface area contributed by atoms with E-state index in [1.54, 1.807) is 24.3 Å². The number of hydrazine groups is 1. The molecule has 1 heterocycles. The van der Waals surface area contributed by atoms with Crippen molar-refractivity contribution in [1.82, 2.24) is 15.4 Å². The lowest BCUT2D eigenvalue weighted by atomic mass is 10.0. The number of carbonyl (C=O) groups excluding carboxylic acids is 1. The molecule has 3 aromatic rings. The maximum absolute atomic E-state index is 12.2. The number of halogens is 1. The fraction of sp³-hybridized carbons (Fsp3) is 0.150. The second-order valence-electron chi connectivity index (χ2n) is 6.54. The predicted octanol–water partition coefficient (Wildman–Crippen LogP) is 4.71. The van der Waals surface area contributed by atoms with Gasteiger partial charge in [-0.2, -0.15) is 4.98 Å². The second-order valence-corrected chi connectivity index (χ2v) is 6.98. The van der Waals surface area contributed by atoms with E-state index in [2.05, 4.69) is 34.7 Å². The van der Waals surface area contributed by atoms with Gasteiger partial charge in [-0.05, 0) is 47.9 Å². The Kier molecular flexibility index (Phi) is 6.43. The predicted molar refractivity (Wildman–Crippen MR) is 112 cm³/mol. The molecule has 0 saturated carbocycles. The number of carbonyl (C=O) groups is 1. The van der Waals surface area contributed by atoms with Gasteiger partial charge >= 0.3 is 11.6 Å². The Labute approximate surface area is 177 Å². The molecule has 2 aromatic carbocycles. The molecule has 0 saturated heterocycles. The molecule has 9 nitrogen and oxygen atoms in total. The molecular formula is C20H18ClN5O4. The van der Waals surface area contributed by atoms with E-state index in [0.29, 0.717) is 22.3 Å². The minimum absolute atomic E-state index is 0.217. The summed E-state index contributed by atoms with van der Waals surface area (Å²) in [6.07, 6.45) is 1.10. The standard InChI is InChI=1S/C20H18ClN5O4/c1-12(2)13-5-9-16(10-6-13)30-20-17(26(28)29)18(22-11-23-20)24-25-19(27)14-3-7-15(21)8-4-14/h3-12H,1-2H3,(H,25,27)(H,22,23,24). The van der Waals surface area contributed by atoms with Gasteiger partial charge in [-0.25, -0.2) is 4.98 Å². The third-order valence-corrected chi connectivity index (χ3v) is 4.39. The Balaban J connectivity index is 1.79. The van der Waals surface area contributed by atoms with Crippen LogP contribution in [0, 0.1) is 10.1 Å². The molecule has 0 radical (unpaired) electrons. The Morgan fingerprint density at radius 2 is 1.77 bits per heavy atom. The summed E-state index contributed by atoms with van der Waals surface area (Å²) in [6.45, 7) is 4.11. The SMILES string of the molecule is CC(C)c1ccc(Oc2ncnc(NNC(=O)c3ccc(Cl)cc3)c2[N+](=O)[O-])cc1. The van der Waals surface area contributed by atoms with Crippen LogP contribution in [0.2, 0.25) is 5.02 Å². The van der Waals surface area contributed by atoms with Crippen molar-refractivity contribution in [3.8, 4) is 11.6 Å². The largest absolute Gasteiger partial charge is 0.434 e. The monoisotopic (exact) mass is 427 g/mol. The lowest BCUT2D eigenvalue weighted by Gasteiger charge is -2.11. The highest BCUT2D eigenvalue weighted by molar-refractivity contribution is 6.30. The number of nitrogens with zero attached hydrogens (tertiary/aromatic N) is 3. The van der Waals surface area contributed by atoms with E-state index in [4.69, 9.17) is 16.3 Å². The number of rotatable bonds is 7. The quantitative estimate of drug-likeness (QED) is 0.413. The van der Waals surface area contributed by atoms with Gasteiger partial charge in [0.05, 0.1) is 4.92 Å². The number of nitrogens with one attached hydrogen (secondary N) is 2. The molecule has 0 atom stereocenters. The average Bonchev–Trinajstić information content (AvgIpc) is 2.72. The molecule has 0 aliphatic rings. The van der Waals surface area contributed by atoms with Crippen LogP contribution >= 0.6 is 11.6 Å². The Morgan fingerprint density at radius 3 is 2.37 bits per heavy atom. The van der Waals surface area contributed by atoms with Gasteiger partial charge in [0.25, 0.3) is 5.91 Å². The van der Waals surface area contributed by atoms with Crippen molar-refractivity contribution < 1.29 is 14.5 Å². The van der Waals surface area contributed by atoms with Crippen LogP contribution in [0.4, 0.5) is 11.5 Å². The molecule has 1 aromatic heterocycles. The number of amides is 1. The Bertz CT molecular complexity index is 1060. The Morgan fingerprint density at radius 1 is 1.10 bits per heavy atom. The van der Waals surface area contributed by atoms with Crippen molar-refractivity contribution in [3.63, 3.8) is 0 Å². The lowest BCUT2D eigenvalue weighted by molar-refractivity contribution is -0.385. The third-order valence-electron chi connectivity index (χ3n) is 4.13. The maximum atomic E-state index is 12.2. The van der Waals surface area contributed by atoms with Crippen LogP contribution in [-0.2, 0) is 0 Å². The zero-order valence-corrected chi connectivity index (χ0v) is 16.9. The zero-order valence-electron chi connectivity index (χ0n) is 16.1. The van der Waals surface area contributed by atoms with Crippen LogP contribution in [0.15, 0.2) is 54.9 Å². The summed E-state index contributed by atoms with van der Waals surface area (Å²) in [5, 5.41) is 12.1. The van der Waals surface area contributed by atoms with E-state index in [1.165, 1.54) is 12.1 Å². The van der Waals surface area contributed by atoms with Gasteiger partial charge in [0.1, 0.15) is 12.1 Å². The number of nitro groups is 1.